The molecule has 0 aromatic carbocycles. The third-order valence-electron chi connectivity index (χ3n) is 1.14. The van der Waals surface area contributed by atoms with Crippen LogP contribution in [0.4, 0.5) is 4.39 Å². The second-order valence-corrected chi connectivity index (χ2v) is 3.71. The van der Waals surface area contributed by atoms with Gasteiger partial charge in [-0.3, -0.25) is 4.18 Å². The Hall–Kier alpha value is -0.420. The maximum Gasteiger partial charge on any atom is 0.268 e. The molecule has 0 saturated heterocycles. The number of hydrogen-bond acceptors (Lipinski definition) is 3. The van der Waals surface area contributed by atoms with Gasteiger partial charge in [0.05, 0.1) is 18.2 Å². The van der Waals surface area contributed by atoms with Gasteiger partial charge in [0.25, 0.3) is 10.1 Å². The lowest BCUT2D eigenvalue weighted by Crippen LogP contribution is -2.07. The Kier molecular flexibility index (Phi) is 2.05. The lowest BCUT2D eigenvalue weighted by atomic mass is 10.4. The number of hydrogen-bond donors (Lipinski definition) is 0. The topological polar surface area (TPSA) is 43.4 Å². The van der Waals surface area contributed by atoms with E-state index in [0.717, 1.165) is 6.08 Å². The van der Waals surface area contributed by atoms with Crippen LogP contribution in [-0.4, -0.2) is 20.8 Å². The van der Waals surface area contributed by atoms with Gasteiger partial charge in [0.2, 0.25) is 0 Å². The molecule has 0 aromatic rings. The fraction of sp³-hybridized carbons (Fsp3) is 0.600. The summed E-state index contributed by atoms with van der Waals surface area (Å²) in [5.74, 6) is -0.670. The normalized spacial score (nSPS) is 25.1. The molecule has 1 heterocycles. The van der Waals surface area contributed by atoms with E-state index in [2.05, 4.69) is 4.18 Å². The van der Waals surface area contributed by atoms with Crippen molar-refractivity contribution in [2.24, 2.45) is 0 Å². The lowest BCUT2D eigenvalue weighted by Gasteiger charge is -1.95. The van der Waals surface area contributed by atoms with E-state index in [-0.39, 0.29) is 18.8 Å². The maximum atomic E-state index is 12.3. The first-order valence-electron chi connectivity index (χ1n) is 2.82. The quantitative estimate of drug-likeness (QED) is 0.495. The smallest absolute Gasteiger partial charge is 0.266 e. The van der Waals surface area contributed by atoms with Gasteiger partial charge in [0.15, 0.2) is 0 Å². The highest BCUT2D eigenvalue weighted by Gasteiger charge is 2.14. The van der Waals surface area contributed by atoms with Gasteiger partial charge in [-0.15, -0.1) is 0 Å². The summed E-state index contributed by atoms with van der Waals surface area (Å²) in [6, 6.07) is 0. The van der Waals surface area contributed by atoms with E-state index in [4.69, 9.17) is 0 Å². The standard InChI is InChI=1S/C5H7FO3S/c6-5-1-3-9-10(7,8)4-2-5/h1H,2-4H2. The van der Waals surface area contributed by atoms with Crippen LogP contribution in [0.25, 0.3) is 0 Å². The average molecular weight is 166 g/mol. The van der Waals surface area contributed by atoms with Crippen LogP contribution in [0.1, 0.15) is 6.42 Å². The van der Waals surface area contributed by atoms with E-state index in [1.807, 2.05) is 0 Å². The summed E-state index contributed by atoms with van der Waals surface area (Å²) in [6.45, 7) is -0.172. The third kappa shape index (κ3) is 2.07. The van der Waals surface area contributed by atoms with E-state index in [0.29, 0.717) is 0 Å². The van der Waals surface area contributed by atoms with Gasteiger partial charge in [-0.25, -0.2) is 4.39 Å². The Morgan fingerprint density at radius 3 is 3.00 bits per heavy atom. The van der Waals surface area contributed by atoms with Crippen LogP contribution < -0.4 is 0 Å². The van der Waals surface area contributed by atoms with Crippen LogP contribution in [0.5, 0.6) is 0 Å². The van der Waals surface area contributed by atoms with Crippen molar-refractivity contribution in [3.8, 4) is 0 Å². The summed E-state index contributed by atoms with van der Waals surface area (Å²) in [7, 11) is -3.44. The molecule has 0 saturated carbocycles. The zero-order chi connectivity index (χ0) is 7.61. The fourth-order valence-corrected chi connectivity index (χ4v) is 1.45. The van der Waals surface area contributed by atoms with Gasteiger partial charge < -0.3 is 0 Å². The molecule has 1 aliphatic heterocycles. The van der Waals surface area contributed by atoms with E-state index in [1.165, 1.54) is 0 Å². The molecule has 0 bridgehead atoms. The van der Waals surface area contributed by atoms with Crippen molar-refractivity contribution in [2.45, 2.75) is 6.42 Å². The fourth-order valence-electron chi connectivity index (χ4n) is 0.612. The van der Waals surface area contributed by atoms with Gasteiger partial charge >= 0.3 is 0 Å². The second kappa shape index (κ2) is 2.67. The van der Waals surface area contributed by atoms with Crippen LogP contribution in [0.15, 0.2) is 11.9 Å². The summed E-state index contributed by atoms with van der Waals surface area (Å²) in [6.07, 6.45) is 1.06. The van der Waals surface area contributed by atoms with Crippen molar-refractivity contribution in [3.05, 3.63) is 11.9 Å². The van der Waals surface area contributed by atoms with Crippen molar-refractivity contribution in [3.63, 3.8) is 0 Å². The molecule has 58 valence electrons. The summed E-state index contributed by atoms with van der Waals surface area (Å²) < 4.78 is 37.8. The number of allylic oxidation sites excluding steroid dienone is 1. The molecular weight excluding hydrogens is 159 g/mol. The molecule has 0 amide bonds. The Morgan fingerprint density at radius 2 is 2.30 bits per heavy atom. The molecule has 0 aliphatic carbocycles. The van der Waals surface area contributed by atoms with E-state index in [1.54, 1.807) is 0 Å². The van der Waals surface area contributed by atoms with Gasteiger partial charge in [0.1, 0.15) is 0 Å². The van der Waals surface area contributed by atoms with Crippen molar-refractivity contribution in [1.82, 2.24) is 0 Å². The average Bonchev–Trinajstić information content (AvgIpc) is 1.94. The van der Waals surface area contributed by atoms with E-state index < -0.39 is 15.9 Å². The van der Waals surface area contributed by atoms with Crippen molar-refractivity contribution >= 4 is 10.1 Å². The van der Waals surface area contributed by atoms with Crippen molar-refractivity contribution in [2.75, 3.05) is 12.4 Å². The Bertz CT molecular complexity index is 242. The molecule has 3 nitrogen and oxygen atoms in total. The number of rotatable bonds is 0. The highest BCUT2D eigenvalue weighted by Crippen LogP contribution is 2.10. The molecule has 0 spiro atoms. The Balaban J connectivity index is 2.69. The van der Waals surface area contributed by atoms with Crippen LogP contribution in [0.2, 0.25) is 0 Å². The van der Waals surface area contributed by atoms with Crippen LogP contribution in [0.3, 0.4) is 0 Å². The molecule has 5 heteroatoms. The molecule has 0 atom stereocenters. The SMILES string of the molecule is O=S1(=O)CCC(F)=CCO1. The zero-order valence-corrected chi connectivity index (χ0v) is 6.03. The monoisotopic (exact) mass is 166 g/mol. The first-order valence-corrected chi connectivity index (χ1v) is 4.39. The molecule has 0 N–H and O–H groups in total. The van der Waals surface area contributed by atoms with Gasteiger partial charge in [-0.05, 0) is 6.08 Å². The largest absolute Gasteiger partial charge is 0.268 e. The van der Waals surface area contributed by atoms with Crippen LogP contribution >= 0.6 is 0 Å². The highest BCUT2D eigenvalue weighted by molar-refractivity contribution is 7.86. The van der Waals surface area contributed by atoms with Crippen molar-refractivity contribution in [1.29, 1.82) is 0 Å². The summed E-state index contributed by atoms with van der Waals surface area (Å²) in [5.41, 5.74) is 0. The molecular formula is C5H7FO3S. The van der Waals surface area contributed by atoms with Crippen molar-refractivity contribution < 1.29 is 17.0 Å². The van der Waals surface area contributed by atoms with Crippen LogP contribution in [0, 0.1) is 0 Å². The second-order valence-electron chi connectivity index (χ2n) is 1.95. The summed E-state index contributed by atoms with van der Waals surface area (Å²) in [4.78, 5) is 0. The lowest BCUT2D eigenvalue weighted by molar-refractivity contribution is 0.359. The highest BCUT2D eigenvalue weighted by atomic mass is 32.2. The minimum Gasteiger partial charge on any atom is -0.266 e. The molecule has 0 unspecified atom stereocenters. The van der Waals surface area contributed by atoms with Gasteiger partial charge in [-0.2, -0.15) is 8.42 Å². The number of halogens is 1. The predicted octanol–water partition coefficient (Wildman–Crippen LogP) is 0.590. The van der Waals surface area contributed by atoms with E-state index >= 15 is 0 Å². The van der Waals surface area contributed by atoms with Gasteiger partial charge in [-0.1, -0.05) is 0 Å². The molecule has 0 fully saturated rings. The zero-order valence-electron chi connectivity index (χ0n) is 5.21. The first kappa shape index (κ1) is 7.68. The maximum absolute atomic E-state index is 12.3. The van der Waals surface area contributed by atoms with Gasteiger partial charge in [0, 0.05) is 6.42 Å². The summed E-state index contributed by atoms with van der Waals surface area (Å²) >= 11 is 0. The molecule has 1 rings (SSSR count). The van der Waals surface area contributed by atoms with Crippen LogP contribution in [-0.2, 0) is 14.3 Å². The molecule has 0 radical (unpaired) electrons. The minimum absolute atomic E-state index is 0.0671. The predicted molar refractivity (Wildman–Crippen MR) is 33.5 cm³/mol. The molecule has 0 aromatic heterocycles. The van der Waals surface area contributed by atoms with E-state index in [9.17, 15) is 12.8 Å². The Labute approximate surface area is 58.6 Å². The minimum atomic E-state index is -3.44. The Morgan fingerprint density at radius 1 is 1.60 bits per heavy atom. The third-order valence-corrected chi connectivity index (χ3v) is 2.34. The first-order chi connectivity index (χ1) is 4.60. The molecule has 10 heavy (non-hydrogen) atoms. The summed E-state index contributed by atoms with van der Waals surface area (Å²) in [5, 5.41) is 0. The molecule has 1 aliphatic rings.